The smallest absolute Gasteiger partial charge is 0.261 e. The SMILES string of the molecule is CC(C)NC(=O)[C@H](C)N(CCc1ccccc1)C(=O)COc1cccc(Cl)c1. The third-order valence-corrected chi connectivity index (χ3v) is 4.48. The summed E-state index contributed by atoms with van der Waals surface area (Å²) in [5.74, 6) is 0.0876. The van der Waals surface area contributed by atoms with E-state index in [-0.39, 0.29) is 24.5 Å². The fourth-order valence-electron chi connectivity index (χ4n) is 2.76. The van der Waals surface area contributed by atoms with Gasteiger partial charge < -0.3 is 15.0 Å². The van der Waals surface area contributed by atoms with Gasteiger partial charge in [0.1, 0.15) is 11.8 Å². The van der Waals surface area contributed by atoms with E-state index >= 15 is 0 Å². The van der Waals surface area contributed by atoms with Gasteiger partial charge in [0.05, 0.1) is 0 Å². The van der Waals surface area contributed by atoms with Crippen LogP contribution in [-0.4, -0.2) is 41.9 Å². The Morgan fingerprint density at radius 2 is 1.79 bits per heavy atom. The van der Waals surface area contributed by atoms with E-state index < -0.39 is 6.04 Å². The van der Waals surface area contributed by atoms with Crippen LogP contribution in [0.1, 0.15) is 26.3 Å². The van der Waals surface area contributed by atoms with E-state index in [1.807, 2.05) is 44.2 Å². The van der Waals surface area contributed by atoms with Gasteiger partial charge in [0, 0.05) is 17.6 Å². The van der Waals surface area contributed by atoms with Gasteiger partial charge in [-0.3, -0.25) is 9.59 Å². The molecule has 28 heavy (non-hydrogen) atoms. The molecule has 0 aliphatic rings. The van der Waals surface area contributed by atoms with E-state index in [0.717, 1.165) is 5.56 Å². The van der Waals surface area contributed by atoms with Crippen molar-refractivity contribution in [1.29, 1.82) is 0 Å². The molecular weight excluding hydrogens is 376 g/mol. The molecule has 150 valence electrons. The Morgan fingerprint density at radius 3 is 2.43 bits per heavy atom. The van der Waals surface area contributed by atoms with Crippen LogP contribution in [-0.2, 0) is 16.0 Å². The predicted octanol–water partition coefficient (Wildman–Crippen LogP) is 3.70. The van der Waals surface area contributed by atoms with Crippen molar-refractivity contribution in [3.8, 4) is 5.75 Å². The molecule has 0 heterocycles. The molecule has 0 unspecified atom stereocenters. The molecular formula is C22H27ClN2O3. The topological polar surface area (TPSA) is 58.6 Å². The first-order chi connectivity index (χ1) is 13.4. The lowest BCUT2D eigenvalue weighted by atomic mass is 10.1. The Kier molecular flexibility index (Phi) is 8.33. The van der Waals surface area contributed by atoms with E-state index in [1.54, 1.807) is 36.1 Å². The van der Waals surface area contributed by atoms with E-state index in [4.69, 9.17) is 16.3 Å². The van der Waals surface area contributed by atoms with Crippen LogP contribution in [0.5, 0.6) is 5.75 Å². The van der Waals surface area contributed by atoms with Gasteiger partial charge in [-0.2, -0.15) is 0 Å². The van der Waals surface area contributed by atoms with E-state index in [1.165, 1.54) is 0 Å². The maximum Gasteiger partial charge on any atom is 0.261 e. The molecule has 0 saturated heterocycles. The molecule has 5 nitrogen and oxygen atoms in total. The number of nitrogens with one attached hydrogen (secondary N) is 1. The number of hydrogen-bond donors (Lipinski definition) is 1. The Morgan fingerprint density at radius 1 is 1.07 bits per heavy atom. The van der Waals surface area contributed by atoms with Gasteiger partial charge in [-0.25, -0.2) is 0 Å². The normalized spacial score (nSPS) is 11.8. The Balaban J connectivity index is 2.06. The molecule has 0 fully saturated rings. The highest BCUT2D eigenvalue weighted by Gasteiger charge is 2.26. The number of benzene rings is 2. The zero-order valence-corrected chi connectivity index (χ0v) is 17.3. The average Bonchev–Trinajstić information content (AvgIpc) is 2.66. The summed E-state index contributed by atoms with van der Waals surface area (Å²) in [5.41, 5.74) is 1.10. The summed E-state index contributed by atoms with van der Waals surface area (Å²) in [6.45, 7) is 5.79. The average molecular weight is 403 g/mol. The van der Waals surface area contributed by atoms with Gasteiger partial charge in [-0.15, -0.1) is 0 Å². The molecule has 1 atom stereocenters. The molecule has 0 saturated carbocycles. The molecule has 0 aliphatic heterocycles. The standard InChI is InChI=1S/C22H27ClN2O3/c1-16(2)24-22(27)17(3)25(13-12-18-8-5-4-6-9-18)21(26)15-28-20-11-7-10-19(23)14-20/h4-11,14,16-17H,12-13,15H2,1-3H3,(H,24,27)/t17-/m0/s1. The highest BCUT2D eigenvalue weighted by atomic mass is 35.5. The monoisotopic (exact) mass is 402 g/mol. The second-order valence-corrected chi connectivity index (χ2v) is 7.34. The minimum absolute atomic E-state index is 0.00346. The summed E-state index contributed by atoms with van der Waals surface area (Å²) < 4.78 is 5.59. The van der Waals surface area contributed by atoms with Crippen molar-refractivity contribution in [2.24, 2.45) is 0 Å². The molecule has 0 aromatic heterocycles. The number of hydrogen-bond acceptors (Lipinski definition) is 3. The van der Waals surface area contributed by atoms with Gasteiger partial charge in [-0.05, 0) is 51.0 Å². The summed E-state index contributed by atoms with van der Waals surface area (Å²) in [6, 6.07) is 16.2. The molecule has 2 aromatic rings. The summed E-state index contributed by atoms with van der Waals surface area (Å²) in [4.78, 5) is 26.9. The Bertz CT molecular complexity index is 780. The van der Waals surface area contributed by atoms with E-state index in [9.17, 15) is 9.59 Å². The van der Waals surface area contributed by atoms with Crippen LogP contribution < -0.4 is 10.1 Å². The first-order valence-corrected chi connectivity index (χ1v) is 9.76. The fourth-order valence-corrected chi connectivity index (χ4v) is 2.94. The van der Waals surface area contributed by atoms with Crippen molar-refractivity contribution in [1.82, 2.24) is 10.2 Å². The van der Waals surface area contributed by atoms with Gasteiger partial charge >= 0.3 is 0 Å². The van der Waals surface area contributed by atoms with Crippen molar-refractivity contribution < 1.29 is 14.3 Å². The molecule has 1 N–H and O–H groups in total. The van der Waals surface area contributed by atoms with Crippen LogP contribution >= 0.6 is 11.6 Å². The van der Waals surface area contributed by atoms with Gasteiger partial charge in [0.25, 0.3) is 5.91 Å². The quantitative estimate of drug-likeness (QED) is 0.695. The van der Waals surface area contributed by atoms with Crippen molar-refractivity contribution in [2.75, 3.05) is 13.2 Å². The lowest BCUT2D eigenvalue weighted by Crippen LogP contribution is -2.51. The van der Waals surface area contributed by atoms with Crippen LogP contribution in [0.25, 0.3) is 0 Å². The molecule has 2 amide bonds. The summed E-state index contributed by atoms with van der Waals surface area (Å²) in [7, 11) is 0. The zero-order valence-electron chi connectivity index (χ0n) is 16.5. The third kappa shape index (κ3) is 6.89. The minimum Gasteiger partial charge on any atom is -0.484 e. The van der Waals surface area contributed by atoms with Crippen molar-refractivity contribution in [2.45, 2.75) is 39.3 Å². The number of carbonyl (C=O) groups is 2. The Labute approximate surface area is 171 Å². The Hall–Kier alpha value is -2.53. The zero-order chi connectivity index (χ0) is 20.5. The third-order valence-electron chi connectivity index (χ3n) is 4.24. The number of ether oxygens (including phenoxy) is 1. The predicted molar refractivity (Wildman–Crippen MR) is 112 cm³/mol. The second-order valence-electron chi connectivity index (χ2n) is 6.91. The van der Waals surface area contributed by atoms with Crippen molar-refractivity contribution in [3.05, 3.63) is 65.2 Å². The number of rotatable bonds is 9. The first kappa shape index (κ1) is 21.8. The lowest BCUT2D eigenvalue weighted by molar-refractivity contribution is -0.141. The second kappa shape index (κ2) is 10.7. The number of amides is 2. The molecule has 2 aromatic carbocycles. The highest BCUT2D eigenvalue weighted by molar-refractivity contribution is 6.30. The minimum atomic E-state index is -0.596. The van der Waals surface area contributed by atoms with Crippen LogP contribution in [0.2, 0.25) is 5.02 Å². The lowest BCUT2D eigenvalue weighted by Gasteiger charge is -2.29. The van der Waals surface area contributed by atoms with Gasteiger partial charge in [0.15, 0.2) is 6.61 Å². The van der Waals surface area contributed by atoms with Crippen LogP contribution in [0.15, 0.2) is 54.6 Å². The summed E-state index contributed by atoms with van der Waals surface area (Å²) in [6.07, 6.45) is 0.656. The number of nitrogens with zero attached hydrogens (tertiary/aromatic N) is 1. The molecule has 0 aliphatic carbocycles. The molecule has 0 radical (unpaired) electrons. The molecule has 6 heteroatoms. The summed E-state index contributed by atoms with van der Waals surface area (Å²) in [5, 5.41) is 3.40. The van der Waals surface area contributed by atoms with E-state index in [2.05, 4.69) is 5.32 Å². The van der Waals surface area contributed by atoms with Crippen LogP contribution in [0.3, 0.4) is 0 Å². The molecule has 0 spiro atoms. The molecule has 2 rings (SSSR count). The summed E-state index contributed by atoms with van der Waals surface area (Å²) >= 11 is 5.95. The van der Waals surface area contributed by atoms with Crippen LogP contribution in [0.4, 0.5) is 0 Å². The van der Waals surface area contributed by atoms with E-state index in [0.29, 0.717) is 23.7 Å². The van der Waals surface area contributed by atoms with Crippen molar-refractivity contribution >= 4 is 23.4 Å². The maximum atomic E-state index is 12.8. The first-order valence-electron chi connectivity index (χ1n) is 9.39. The maximum absolute atomic E-state index is 12.8. The van der Waals surface area contributed by atoms with Crippen LogP contribution in [0, 0.1) is 0 Å². The molecule has 0 bridgehead atoms. The number of halogens is 1. The largest absolute Gasteiger partial charge is 0.484 e. The van der Waals surface area contributed by atoms with Gasteiger partial charge in [0.2, 0.25) is 5.91 Å². The van der Waals surface area contributed by atoms with Gasteiger partial charge in [-0.1, -0.05) is 48.0 Å². The van der Waals surface area contributed by atoms with Crippen molar-refractivity contribution in [3.63, 3.8) is 0 Å². The number of carbonyl (C=O) groups excluding carboxylic acids is 2. The fraction of sp³-hybridized carbons (Fsp3) is 0.364. The highest BCUT2D eigenvalue weighted by Crippen LogP contribution is 2.17.